The fraction of sp³-hybridized carbons (Fsp3) is 0.364. The lowest BCUT2D eigenvalue weighted by Gasteiger charge is -2.10. The molecule has 0 bridgehead atoms. The van der Waals surface area contributed by atoms with Crippen molar-refractivity contribution in [2.75, 3.05) is 0 Å². The number of nitrogens with zero attached hydrogens (tertiary/aromatic N) is 4. The van der Waals surface area contributed by atoms with Gasteiger partial charge in [-0.05, 0) is 19.4 Å². The predicted octanol–water partition coefficient (Wildman–Crippen LogP) is 1.08. The first-order chi connectivity index (χ1) is 8.11. The van der Waals surface area contributed by atoms with Crippen molar-refractivity contribution in [3.8, 4) is 11.6 Å². The van der Waals surface area contributed by atoms with Crippen LogP contribution in [0.2, 0.25) is 0 Å². The SMILES string of the molecule is Cc1nnc(Oc2cnn(C)c2)c(CN)c1C. The van der Waals surface area contributed by atoms with Gasteiger partial charge < -0.3 is 10.5 Å². The Morgan fingerprint density at radius 3 is 2.71 bits per heavy atom. The number of hydrogen-bond acceptors (Lipinski definition) is 5. The molecular formula is C11H15N5O. The highest BCUT2D eigenvalue weighted by Gasteiger charge is 2.12. The normalized spacial score (nSPS) is 10.6. The summed E-state index contributed by atoms with van der Waals surface area (Å²) in [6.07, 6.45) is 3.38. The Labute approximate surface area is 99.4 Å². The third-order valence-corrected chi connectivity index (χ3v) is 2.64. The molecule has 0 aliphatic carbocycles. The fourth-order valence-corrected chi connectivity index (χ4v) is 1.52. The van der Waals surface area contributed by atoms with Crippen LogP contribution in [0.15, 0.2) is 12.4 Å². The van der Waals surface area contributed by atoms with Crippen LogP contribution >= 0.6 is 0 Å². The smallest absolute Gasteiger partial charge is 0.243 e. The number of hydrogen-bond donors (Lipinski definition) is 1. The van der Waals surface area contributed by atoms with Gasteiger partial charge >= 0.3 is 0 Å². The zero-order chi connectivity index (χ0) is 12.4. The van der Waals surface area contributed by atoms with Crippen LogP contribution < -0.4 is 10.5 Å². The first-order valence-electron chi connectivity index (χ1n) is 5.31. The van der Waals surface area contributed by atoms with E-state index in [0.717, 1.165) is 16.8 Å². The molecule has 6 nitrogen and oxygen atoms in total. The molecule has 2 aromatic heterocycles. The van der Waals surface area contributed by atoms with E-state index in [0.29, 0.717) is 18.2 Å². The number of rotatable bonds is 3. The number of ether oxygens (including phenoxy) is 1. The van der Waals surface area contributed by atoms with E-state index in [9.17, 15) is 0 Å². The van der Waals surface area contributed by atoms with E-state index in [1.165, 1.54) is 0 Å². The Morgan fingerprint density at radius 1 is 1.35 bits per heavy atom. The van der Waals surface area contributed by atoms with Crippen LogP contribution in [0.5, 0.6) is 11.6 Å². The minimum atomic E-state index is 0.373. The largest absolute Gasteiger partial charge is 0.434 e. The lowest BCUT2D eigenvalue weighted by Crippen LogP contribution is -2.07. The molecular weight excluding hydrogens is 218 g/mol. The highest BCUT2D eigenvalue weighted by Crippen LogP contribution is 2.24. The molecule has 0 spiro atoms. The Bertz CT molecular complexity index is 535. The molecule has 0 unspecified atom stereocenters. The van der Waals surface area contributed by atoms with E-state index in [-0.39, 0.29) is 0 Å². The van der Waals surface area contributed by atoms with Crippen molar-refractivity contribution in [3.63, 3.8) is 0 Å². The quantitative estimate of drug-likeness (QED) is 0.858. The molecule has 0 saturated heterocycles. The molecule has 2 rings (SSSR count). The van der Waals surface area contributed by atoms with Gasteiger partial charge in [-0.3, -0.25) is 4.68 Å². The number of nitrogens with two attached hydrogens (primary N) is 1. The summed E-state index contributed by atoms with van der Waals surface area (Å²) in [5.41, 5.74) is 8.47. The summed E-state index contributed by atoms with van der Waals surface area (Å²) in [5, 5.41) is 12.1. The van der Waals surface area contributed by atoms with Crippen molar-refractivity contribution in [1.82, 2.24) is 20.0 Å². The van der Waals surface area contributed by atoms with Crippen molar-refractivity contribution >= 4 is 0 Å². The molecule has 2 aromatic rings. The molecule has 0 atom stereocenters. The van der Waals surface area contributed by atoms with E-state index in [4.69, 9.17) is 10.5 Å². The summed E-state index contributed by atoms with van der Waals surface area (Å²) in [4.78, 5) is 0. The monoisotopic (exact) mass is 233 g/mol. The molecule has 0 aliphatic heterocycles. The Kier molecular flexibility index (Phi) is 3.06. The average Bonchev–Trinajstić information content (AvgIpc) is 2.70. The van der Waals surface area contributed by atoms with Crippen molar-refractivity contribution in [3.05, 3.63) is 29.2 Å². The second-order valence-electron chi connectivity index (χ2n) is 3.85. The molecule has 6 heteroatoms. The maximum absolute atomic E-state index is 5.71. The van der Waals surface area contributed by atoms with Gasteiger partial charge in [0.15, 0.2) is 5.75 Å². The maximum atomic E-state index is 5.71. The zero-order valence-electron chi connectivity index (χ0n) is 10.1. The lowest BCUT2D eigenvalue weighted by atomic mass is 10.1. The topological polar surface area (TPSA) is 78.9 Å². The molecule has 90 valence electrons. The van der Waals surface area contributed by atoms with Crippen molar-refractivity contribution in [1.29, 1.82) is 0 Å². The molecule has 0 radical (unpaired) electrons. The van der Waals surface area contributed by atoms with Crippen LogP contribution in [-0.4, -0.2) is 20.0 Å². The average molecular weight is 233 g/mol. The van der Waals surface area contributed by atoms with Gasteiger partial charge in [-0.15, -0.1) is 5.10 Å². The highest BCUT2D eigenvalue weighted by atomic mass is 16.5. The van der Waals surface area contributed by atoms with Crippen LogP contribution in [0.3, 0.4) is 0 Å². The first kappa shape index (κ1) is 11.5. The summed E-state index contributed by atoms with van der Waals surface area (Å²) in [5.74, 6) is 1.07. The van der Waals surface area contributed by atoms with Gasteiger partial charge in [0.1, 0.15) is 0 Å². The third-order valence-electron chi connectivity index (χ3n) is 2.64. The van der Waals surface area contributed by atoms with Gasteiger partial charge in [0.05, 0.1) is 18.1 Å². The van der Waals surface area contributed by atoms with Crippen molar-refractivity contribution in [2.45, 2.75) is 20.4 Å². The molecule has 2 heterocycles. The summed E-state index contributed by atoms with van der Waals surface area (Å²) >= 11 is 0. The molecule has 2 N–H and O–H groups in total. The lowest BCUT2D eigenvalue weighted by molar-refractivity contribution is 0.446. The molecule has 17 heavy (non-hydrogen) atoms. The summed E-state index contributed by atoms with van der Waals surface area (Å²) in [6, 6.07) is 0. The van der Waals surface area contributed by atoms with Crippen LogP contribution in [0.25, 0.3) is 0 Å². The van der Waals surface area contributed by atoms with E-state index in [1.807, 2.05) is 20.9 Å². The maximum Gasteiger partial charge on any atom is 0.243 e. The third kappa shape index (κ3) is 2.26. The van der Waals surface area contributed by atoms with Crippen LogP contribution in [0, 0.1) is 13.8 Å². The van der Waals surface area contributed by atoms with Crippen molar-refractivity contribution in [2.24, 2.45) is 12.8 Å². The second kappa shape index (κ2) is 4.50. The molecule has 0 fully saturated rings. The van der Waals surface area contributed by atoms with E-state index in [2.05, 4.69) is 15.3 Å². The van der Waals surface area contributed by atoms with Gasteiger partial charge in [0, 0.05) is 19.2 Å². The van der Waals surface area contributed by atoms with Gasteiger partial charge in [0.25, 0.3) is 0 Å². The first-order valence-corrected chi connectivity index (χ1v) is 5.31. The Hall–Kier alpha value is -1.95. The van der Waals surface area contributed by atoms with E-state index >= 15 is 0 Å². The van der Waals surface area contributed by atoms with E-state index < -0.39 is 0 Å². The summed E-state index contributed by atoms with van der Waals surface area (Å²) < 4.78 is 7.28. The standard InChI is InChI=1S/C11H15N5O/c1-7-8(2)14-15-11(10(7)4-12)17-9-5-13-16(3)6-9/h5-6H,4,12H2,1-3H3. The number of aromatic nitrogens is 4. The molecule has 0 amide bonds. The second-order valence-corrected chi connectivity index (χ2v) is 3.85. The van der Waals surface area contributed by atoms with Gasteiger partial charge in [-0.2, -0.15) is 10.2 Å². The minimum absolute atomic E-state index is 0.373. The van der Waals surface area contributed by atoms with Gasteiger partial charge in [-0.1, -0.05) is 0 Å². The van der Waals surface area contributed by atoms with Crippen LogP contribution in [-0.2, 0) is 13.6 Å². The minimum Gasteiger partial charge on any atom is -0.434 e. The van der Waals surface area contributed by atoms with Gasteiger partial charge in [-0.25, -0.2) is 0 Å². The van der Waals surface area contributed by atoms with Crippen LogP contribution in [0.1, 0.15) is 16.8 Å². The van der Waals surface area contributed by atoms with Crippen LogP contribution in [0.4, 0.5) is 0 Å². The number of aryl methyl sites for hydroxylation is 2. The Balaban J connectivity index is 2.36. The van der Waals surface area contributed by atoms with E-state index in [1.54, 1.807) is 17.1 Å². The summed E-state index contributed by atoms with van der Waals surface area (Å²) in [7, 11) is 1.82. The molecule has 0 aromatic carbocycles. The van der Waals surface area contributed by atoms with Crippen molar-refractivity contribution < 1.29 is 4.74 Å². The predicted molar refractivity (Wildman–Crippen MR) is 62.7 cm³/mol. The molecule has 0 aliphatic rings. The Morgan fingerprint density at radius 2 is 2.12 bits per heavy atom. The summed E-state index contributed by atoms with van der Waals surface area (Å²) in [6.45, 7) is 4.23. The van der Waals surface area contributed by atoms with Gasteiger partial charge in [0.2, 0.25) is 5.88 Å². The molecule has 0 saturated carbocycles. The fourth-order valence-electron chi connectivity index (χ4n) is 1.52. The highest BCUT2D eigenvalue weighted by molar-refractivity contribution is 5.37. The zero-order valence-corrected chi connectivity index (χ0v) is 10.1.